The van der Waals surface area contributed by atoms with Crippen molar-refractivity contribution in [3.8, 4) is 0 Å². The number of hydrogen-bond acceptors (Lipinski definition) is 3. The van der Waals surface area contributed by atoms with Crippen LogP contribution in [0.1, 0.15) is 20.3 Å². The lowest BCUT2D eigenvalue weighted by molar-refractivity contribution is -0.125. The van der Waals surface area contributed by atoms with E-state index in [-0.39, 0.29) is 11.9 Å². The summed E-state index contributed by atoms with van der Waals surface area (Å²) in [5.41, 5.74) is -0.744. The van der Waals surface area contributed by atoms with Gasteiger partial charge in [0.1, 0.15) is 5.54 Å². The third kappa shape index (κ3) is 2.15. The fourth-order valence-electron chi connectivity index (χ4n) is 1.91. The van der Waals surface area contributed by atoms with Gasteiger partial charge in [-0.25, -0.2) is 9.78 Å². The van der Waals surface area contributed by atoms with Crippen molar-refractivity contribution in [3.05, 3.63) is 18.7 Å². The van der Waals surface area contributed by atoms with E-state index in [1.165, 1.54) is 0 Å². The molecule has 1 saturated heterocycles. The first-order chi connectivity index (χ1) is 8.01. The predicted molar refractivity (Wildman–Crippen MR) is 61.2 cm³/mol. The van der Waals surface area contributed by atoms with Crippen LogP contribution in [0.25, 0.3) is 0 Å². The van der Waals surface area contributed by atoms with Crippen molar-refractivity contribution in [2.45, 2.75) is 32.4 Å². The highest BCUT2D eigenvalue weighted by Gasteiger charge is 2.44. The monoisotopic (exact) mass is 236 g/mol. The van der Waals surface area contributed by atoms with E-state index in [9.17, 15) is 9.59 Å². The fraction of sp³-hybridized carbons (Fsp3) is 0.545. The summed E-state index contributed by atoms with van der Waals surface area (Å²) in [6.07, 6.45) is 6.12. The van der Waals surface area contributed by atoms with Crippen molar-refractivity contribution in [2.24, 2.45) is 0 Å². The number of amides is 3. The molecule has 3 amide bonds. The van der Waals surface area contributed by atoms with Crippen LogP contribution in [0, 0.1) is 0 Å². The topological polar surface area (TPSA) is 67.2 Å². The average Bonchev–Trinajstić information content (AvgIpc) is 2.81. The summed E-state index contributed by atoms with van der Waals surface area (Å²) < 4.78 is 1.95. The second kappa shape index (κ2) is 4.20. The average molecular weight is 236 g/mol. The molecule has 1 N–H and O–H groups in total. The zero-order chi connectivity index (χ0) is 12.5. The van der Waals surface area contributed by atoms with Gasteiger partial charge in [-0.3, -0.25) is 10.1 Å². The fourth-order valence-corrected chi connectivity index (χ4v) is 1.91. The molecule has 1 aliphatic rings. The number of carbonyl (C=O) groups is 2. The van der Waals surface area contributed by atoms with Crippen molar-refractivity contribution in [3.63, 3.8) is 0 Å². The maximum atomic E-state index is 11.6. The Labute approximate surface area is 99.6 Å². The van der Waals surface area contributed by atoms with E-state index >= 15 is 0 Å². The highest BCUT2D eigenvalue weighted by molar-refractivity contribution is 6.06. The minimum absolute atomic E-state index is 0.231. The summed E-state index contributed by atoms with van der Waals surface area (Å²) in [4.78, 5) is 28.6. The predicted octanol–water partition coefficient (Wildman–Crippen LogP) is 0.604. The quantitative estimate of drug-likeness (QED) is 0.778. The minimum Gasteiger partial charge on any atom is -0.337 e. The van der Waals surface area contributed by atoms with Crippen LogP contribution in [0.4, 0.5) is 4.79 Å². The molecular weight excluding hydrogens is 220 g/mol. The summed E-state index contributed by atoms with van der Waals surface area (Å²) in [5, 5.41) is 2.33. The largest absolute Gasteiger partial charge is 0.337 e. The number of hydrogen-bond donors (Lipinski definition) is 1. The van der Waals surface area contributed by atoms with Crippen LogP contribution in [-0.4, -0.2) is 38.5 Å². The Balaban J connectivity index is 1.90. The van der Waals surface area contributed by atoms with Crippen LogP contribution in [0.3, 0.4) is 0 Å². The molecule has 0 atom stereocenters. The van der Waals surface area contributed by atoms with Gasteiger partial charge in [-0.05, 0) is 20.3 Å². The number of urea groups is 1. The van der Waals surface area contributed by atoms with Crippen molar-refractivity contribution >= 4 is 11.9 Å². The second-order valence-electron chi connectivity index (χ2n) is 4.62. The Morgan fingerprint density at radius 1 is 1.35 bits per heavy atom. The molecule has 0 spiro atoms. The third-order valence-corrected chi connectivity index (χ3v) is 3.05. The first kappa shape index (κ1) is 11.6. The number of rotatable bonds is 4. The zero-order valence-electron chi connectivity index (χ0n) is 10.0. The number of aromatic nitrogens is 2. The van der Waals surface area contributed by atoms with Gasteiger partial charge in [-0.2, -0.15) is 0 Å². The number of aryl methyl sites for hydroxylation is 1. The highest BCUT2D eigenvalue weighted by atomic mass is 16.2. The van der Waals surface area contributed by atoms with Gasteiger partial charge in [0.15, 0.2) is 0 Å². The van der Waals surface area contributed by atoms with E-state index in [4.69, 9.17) is 0 Å². The molecule has 1 fully saturated rings. The second-order valence-corrected chi connectivity index (χ2v) is 4.62. The van der Waals surface area contributed by atoms with E-state index in [2.05, 4.69) is 10.3 Å². The Morgan fingerprint density at radius 3 is 2.65 bits per heavy atom. The molecule has 1 aliphatic heterocycles. The molecule has 0 unspecified atom stereocenters. The molecule has 6 heteroatoms. The normalized spacial score (nSPS) is 18.6. The Kier molecular flexibility index (Phi) is 2.87. The van der Waals surface area contributed by atoms with E-state index in [1.807, 2.05) is 10.8 Å². The minimum atomic E-state index is -0.744. The summed E-state index contributed by atoms with van der Waals surface area (Å²) in [6.45, 7) is 4.85. The Hall–Kier alpha value is -1.85. The van der Waals surface area contributed by atoms with Gasteiger partial charge in [0.25, 0.3) is 5.91 Å². The summed E-state index contributed by atoms with van der Waals surface area (Å²) in [6, 6.07) is -0.300. The standard InChI is InChI=1S/C11H16N4O2/c1-11(2)9(16)13-10(17)15(11)6-3-5-14-7-4-12-8-14/h4,7-8H,3,5-6H2,1-2H3,(H,13,16,17). The number of imidazole rings is 1. The molecular formula is C11H16N4O2. The molecule has 0 bridgehead atoms. The van der Waals surface area contributed by atoms with Crippen molar-refractivity contribution in [2.75, 3.05) is 6.54 Å². The van der Waals surface area contributed by atoms with Crippen molar-refractivity contribution in [1.82, 2.24) is 19.8 Å². The van der Waals surface area contributed by atoms with Crippen molar-refractivity contribution in [1.29, 1.82) is 0 Å². The lowest BCUT2D eigenvalue weighted by atomic mass is 10.0. The highest BCUT2D eigenvalue weighted by Crippen LogP contribution is 2.20. The van der Waals surface area contributed by atoms with Crippen LogP contribution in [-0.2, 0) is 11.3 Å². The molecule has 17 heavy (non-hydrogen) atoms. The van der Waals surface area contributed by atoms with E-state index in [0.717, 1.165) is 13.0 Å². The Bertz CT molecular complexity index is 425. The molecule has 0 aliphatic carbocycles. The molecule has 0 radical (unpaired) electrons. The SMILES string of the molecule is CC1(C)C(=O)NC(=O)N1CCCn1ccnc1. The summed E-state index contributed by atoms with van der Waals surface area (Å²) in [7, 11) is 0. The van der Waals surface area contributed by atoms with Gasteiger partial charge in [0.2, 0.25) is 0 Å². The van der Waals surface area contributed by atoms with Crippen LogP contribution in [0.15, 0.2) is 18.7 Å². The molecule has 1 aromatic rings. The number of carbonyl (C=O) groups excluding carboxylic acids is 2. The lowest BCUT2D eigenvalue weighted by Gasteiger charge is -2.27. The van der Waals surface area contributed by atoms with Gasteiger partial charge in [0.05, 0.1) is 6.33 Å². The molecule has 6 nitrogen and oxygen atoms in total. The van der Waals surface area contributed by atoms with Gasteiger partial charge in [-0.1, -0.05) is 0 Å². The Morgan fingerprint density at radius 2 is 2.12 bits per heavy atom. The van der Waals surface area contributed by atoms with Crippen LogP contribution < -0.4 is 5.32 Å². The van der Waals surface area contributed by atoms with E-state index in [1.54, 1.807) is 31.3 Å². The molecule has 92 valence electrons. The summed E-state index contributed by atoms with van der Waals surface area (Å²) >= 11 is 0. The molecule has 0 aromatic carbocycles. The first-order valence-electron chi connectivity index (χ1n) is 5.60. The lowest BCUT2D eigenvalue weighted by Crippen LogP contribution is -2.44. The van der Waals surface area contributed by atoms with Crippen LogP contribution in [0.5, 0.6) is 0 Å². The van der Waals surface area contributed by atoms with Crippen LogP contribution >= 0.6 is 0 Å². The van der Waals surface area contributed by atoms with E-state index in [0.29, 0.717) is 6.54 Å². The maximum absolute atomic E-state index is 11.6. The van der Waals surface area contributed by atoms with Gasteiger partial charge in [-0.15, -0.1) is 0 Å². The van der Waals surface area contributed by atoms with Crippen molar-refractivity contribution < 1.29 is 9.59 Å². The molecule has 1 aromatic heterocycles. The number of imide groups is 1. The van der Waals surface area contributed by atoms with E-state index < -0.39 is 5.54 Å². The third-order valence-electron chi connectivity index (χ3n) is 3.05. The zero-order valence-corrected chi connectivity index (χ0v) is 10.0. The molecule has 0 saturated carbocycles. The maximum Gasteiger partial charge on any atom is 0.324 e. The number of nitrogens with one attached hydrogen (secondary N) is 1. The first-order valence-corrected chi connectivity index (χ1v) is 5.60. The van der Waals surface area contributed by atoms with Gasteiger partial charge < -0.3 is 9.47 Å². The van der Waals surface area contributed by atoms with Gasteiger partial charge in [0, 0.05) is 25.5 Å². The smallest absolute Gasteiger partial charge is 0.324 e. The molecule has 2 heterocycles. The van der Waals surface area contributed by atoms with Gasteiger partial charge >= 0.3 is 6.03 Å². The van der Waals surface area contributed by atoms with Crippen LogP contribution in [0.2, 0.25) is 0 Å². The molecule has 2 rings (SSSR count). The number of nitrogens with zero attached hydrogens (tertiary/aromatic N) is 3. The summed E-state index contributed by atoms with van der Waals surface area (Å²) in [5.74, 6) is -0.231.